The number of methoxy groups -OCH3 is 4. The van der Waals surface area contributed by atoms with E-state index in [1.54, 1.807) is 55.7 Å². The first-order chi connectivity index (χ1) is 16.5. The number of ether oxygens (including phenoxy) is 4. The Morgan fingerprint density at radius 2 is 1.35 bits per heavy atom. The van der Waals surface area contributed by atoms with Crippen molar-refractivity contribution in [3.05, 3.63) is 82.9 Å². The zero-order chi connectivity index (χ0) is 24.2. The zero-order valence-electron chi connectivity index (χ0n) is 19.5. The van der Waals surface area contributed by atoms with Crippen LogP contribution < -0.4 is 18.9 Å². The highest BCUT2D eigenvalue weighted by Crippen LogP contribution is 2.40. The molecule has 3 aromatic rings. The van der Waals surface area contributed by atoms with Gasteiger partial charge < -0.3 is 18.9 Å². The van der Waals surface area contributed by atoms with Gasteiger partial charge in [0.15, 0.2) is 11.5 Å². The number of amides is 2. The lowest BCUT2D eigenvalue weighted by Crippen LogP contribution is -2.41. The summed E-state index contributed by atoms with van der Waals surface area (Å²) in [5.74, 6) is 1.38. The van der Waals surface area contributed by atoms with E-state index in [9.17, 15) is 9.59 Å². The van der Waals surface area contributed by atoms with Crippen molar-refractivity contribution in [2.24, 2.45) is 0 Å². The van der Waals surface area contributed by atoms with Crippen LogP contribution in [0.25, 0.3) is 11.6 Å². The molecule has 7 heteroatoms. The largest absolute Gasteiger partial charge is 0.497 e. The van der Waals surface area contributed by atoms with Crippen molar-refractivity contribution >= 4 is 23.5 Å². The molecule has 0 spiro atoms. The van der Waals surface area contributed by atoms with Crippen LogP contribution in [0.5, 0.6) is 23.0 Å². The van der Waals surface area contributed by atoms with Crippen LogP contribution in [0.2, 0.25) is 0 Å². The minimum Gasteiger partial charge on any atom is -0.497 e. The molecule has 0 atom stereocenters. The monoisotopic (exact) mass is 459 g/mol. The maximum Gasteiger partial charge on any atom is 0.261 e. The maximum absolute atomic E-state index is 13.6. The van der Waals surface area contributed by atoms with Gasteiger partial charge in [0.2, 0.25) is 5.75 Å². The molecule has 0 radical (unpaired) electrons. The van der Waals surface area contributed by atoms with Gasteiger partial charge in [-0.15, -0.1) is 0 Å². The Balaban J connectivity index is 1.80. The minimum atomic E-state index is -0.381. The van der Waals surface area contributed by atoms with Gasteiger partial charge in [-0.3, -0.25) is 14.5 Å². The summed E-state index contributed by atoms with van der Waals surface area (Å²) in [6.45, 7) is 0.141. The average Bonchev–Trinajstić information content (AvgIpc) is 2.88. The summed E-state index contributed by atoms with van der Waals surface area (Å²) < 4.78 is 21.5. The van der Waals surface area contributed by atoms with Crippen LogP contribution in [0.15, 0.2) is 60.7 Å². The van der Waals surface area contributed by atoms with Crippen molar-refractivity contribution in [1.29, 1.82) is 0 Å². The van der Waals surface area contributed by atoms with E-state index in [2.05, 4.69) is 0 Å². The third-order valence-electron chi connectivity index (χ3n) is 5.67. The highest BCUT2D eigenvalue weighted by Gasteiger charge is 2.34. The fourth-order valence-corrected chi connectivity index (χ4v) is 3.95. The minimum absolute atomic E-state index is 0.141. The highest BCUT2D eigenvalue weighted by atomic mass is 16.5. The number of imide groups is 1. The number of hydrogen-bond donors (Lipinski definition) is 0. The van der Waals surface area contributed by atoms with Gasteiger partial charge in [-0.2, -0.15) is 0 Å². The molecule has 1 heterocycles. The highest BCUT2D eigenvalue weighted by molar-refractivity contribution is 6.33. The summed E-state index contributed by atoms with van der Waals surface area (Å²) in [6, 6.07) is 17.9. The van der Waals surface area contributed by atoms with Gasteiger partial charge in [0.05, 0.1) is 35.0 Å². The lowest BCUT2D eigenvalue weighted by molar-refractivity contribution is -0.123. The molecule has 0 aromatic heterocycles. The Bertz CT molecular complexity index is 1240. The molecule has 1 aliphatic rings. The summed E-state index contributed by atoms with van der Waals surface area (Å²) in [6.07, 6.45) is 1.74. The Morgan fingerprint density at radius 3 is 1.91 bits per heavy atom. The lowest BCUT2D eigenvalue weighted by atomic mass is 9.91. The number of nitrogens with zero attached hydrogens (tertiary/aromatic N) is 1. The normalized spacial score (nSPS) is 14.1. The molecule has 0 saturated carbocycles. The van der Waals surface area contributed by atoms with Gasteiger partial charge in [-0.05, 0) is 53.1 Å². The van der Waals surface area contributed by atoms with Crippen molar-refractivity contribution in [3.63, 3.8) is 0 Å². The first-order valence-electron chi connectivity index (χ1n) is 10.6. The van der Waals surface area contributed by atoms with Crippen LogP contribution in [0, 0.1) is 0 Å². The first-order valence-corrected chi connectivity index (χ1v) is 10.6. The van der Waals surface area contributed by atoms with Gasteiger partial charge in [-0.25, -0.2) is 0 Å². The summed E-state index contributed by atoms with van der Waals surface area (Å²) in [5.41, 5.74) is 2.94. The molecule has 3 aromatic carbocycles. The van der Waals surface area contributed by atoms with Gasteiger partial charge >= 0.3 is 0 Å². The predicted octanol–water partition coefficient (Wildman–Crippen LogP) is 4.44. The van der Waals surface area contributed by atoms with Gasteiger partial charge in [0, 0.05) is 11.1 Å². The summed E-state index contributed by atoms with van der Waals surface area (Å²) >= 11 is 0. The van der Waals surface area contributed by atoms with Crippen molar-refractivity contribution in [2.45, 2.75) is 6.54 Å². The first kappa shape index (κ1) is 22.9. The SMILES string of the molecule is COc1ccc(CN2C(=O)/C(=C\c3cc(OC)c(OC)c(OC)c3)c3ccccc3C2=O)cc1. The van der Waals surface area contributed by atoms with E-state index < -0.39 is 0 Å². The van der Waals surface area contributed by atoms with E-state index in [-0.39, 0.29) is 18.4 Å². The quantitative estimate of drug-likeness (QED) is 0.384. The summed E-state index contributed by atoms with van der Waals surface area (Å²) in [5, 5.41) is 0. The molecule has 0 aliphatic carbocycles. The second-order valence-corrected chi connectivity index (χ2v) is 7.61. The van der Waals surface area contributed by atoms with Crippen molar-refractivity contribution in [3.8, 4) is 23.0 Å². The van der Waals surface area contributed by atoms with E-state index in [1.165, 1.54) is 26.2 Å². The van der Waals surface area contributed by atoms with E-state index in [0.29, 0.717) is 45.3 Å². The van der Waals surface area contributed by atoms with Crippen molar-refractivity contribution in [2.75, 3.05) is 28.4 Å². The number of carbonyl (C=O) groups is 2. The van der Waals surface area contributed by atoms with Gasteiger partial charge in [-0.1, -0.05) is 30.3 Å². The zero-order valence-corrected chi connectivity index (χ0v) is 19.5. The molecule has 1 aliphatic heterocycles. The third-order valence-corrected chi connectivity index (χ3v) is 5.67. The number of fused-ring (bicyclic) bond motifs is 1. The van der Waals surface area contributed by atoms with Gasteiger partial charge in [0.1, 0.15) is 5.75 Å². The molecule has 7 nitrogen and oxygen atoms in total. The van der Waals surface area contributed by atoms with Crippen LogP contribution in [-0.4, -0.2) is 45.2 Å². The fraction of sp³-hybridized carbons (Fsp3) is 0.185. The molecule has 0 bridgehead atoms. The van der Waals surface area contributed by atoms with E-state index >= 15 is 0 Å². The molecule has 4 rings (SSSR count). The van der Waals surface area contributed by atoms with Crippen molar-refractivity contribution in [1.82, 2.24) is 4.90 Å². The topological polar surface area (TPSA) is 74.3 Å². The lowest BCUT2D eigenvalue weighted by Gasteiger charge is -2.29. The molecule has 0 N–H and O–H groups in total. The van der Waals surface area contributed by atoms with E-state index in [0.717, 1.165) is 5.56 Å². The maximum atomic E-state index is 13.6. The number of benzene rings is 3. The van der Waals surface area contributed by atoms with E-state index in [1.807, 2.05) is 18.2 Å². The third kappa shape index (κ3) is 4.20. The van der Waals surface area contributed by atoms with E-state index in [4.69, 9.17) is 18.9 Å². The summed E-state index contributed by atoms with van der Waals surface area (Å²) in [4.78, 5) is 28.1. The van der Waals surface area contributed by atoms with Gasteiger partial charge in [0.25, 0.3) is 11.8 Å². The predicted molar refractivity (Wildman–Crippen MR) is 128 cm³/mol. The number of hydrogen-bond acceptors (Lipinski definition) is 6. The number of carbonyl (C=O) groups excluding carboxylic acids is 2. The van der Waals surface area contributed by atoms with Crippen LogP contribution >= 0.6 is 0 Å². The molecular formula is C27H25NO6. The number of rotatable bonds is 7. The molecular weight excluding hydrogens is 434 g/mol. The molecule has 2 amide bonds. The second kappa shape index (κ2) is 9.70. The Labute approximate surface area is 198 Å². The molecule has 0 saturated heterocycles. The van der Waals surface area contributed by atoms with Crippen molar-refractivity contribution < 1.29 is 28.5 Å². The van der Waals surface area contributed by atoms with Crippen LogP contribution in [0.1, 0.15) is 27.0 Å². The second-order valence-electron chi connectivity index (χ2n) is 7.61. The summed E-state index contributed by atoms with van der Waals surface area (Å²) in [7, 11) is 6.18. The molecule has 174 valence electrons. The molecule has 0 unspecified atom stereocenters. The Morgan fingerprint density at radius 1 is 0.735 bits per heavy atom. The molecule has 0 fully saturated rings. The van der Waals surface area contributed by atoms with Crippen LogP contribution in [0.4, 0.5) is 0 Å². The fourth-order valence-electron chi connectivity index (χ4n) is 3.95. The van der Waals surface area contributed by atoms with Crippen LogP contribution in [-0.2, 0) is 11.3 Å². The molecule has 34 heavy (non-hydrogen) atoms. The average molecular weight is 459 g/mol. The standard InChI is InChI=1S/C27H25NO6/c1-31-19-11-9-17(10-12-19)16-28-26(29)21-8-6-5-7-20(21)22(27(28)30)13-18-14-23(32-2)25(34-4)24(15-18)33-3/h5-15H,16H2,1-4H3/b22-13-. The smallest absolute Gasteiger partial charge is 0.261 e. The van der Waals surface area contributed by atoms with Crippen LogP contribution in [0.3, 0.4) is 0 Å². The Kier molecular flexibility index (Phi) is 6.54. The Hall–Kier alpha value is -4.26.